The Balaban J connectivity index is 1.47. The number of carbonyl (C=O) groups is 3. The Hall–Kier alpha value is -3.84. The first-order chi connectivity index (χ1) is 16.4. The van der Waals surface area contributed by atoms with Crippen molar-refractivity contribution in [1.29, 1.82) is 0 Å². The molecule has 0 aliphatic carbocycles. The highest BCUT2D eigenvalue weighted by Crippen LogP contribution is 2.34. The van der Waals surface area contributed by atoms with Crippen molar-refractivity contribution < 1.29 is 19.1 Å². The van der Waals surface area contributed by atoms with Gasteiger partial charge < -0.3 is 20.3 Å². The van der Waals surface area contributed by atoms with Crippen LogP contribution in [0.3, 0.4) is 0 Å². The number of anilines is 2. The highest BCUT2D eigenvalue weighted by atomic mass is 35.5. The molecule has 0 saturated heterocycles. The molecule has 1 aliphatic rings. The summed E-state index contributed by atoms with van der Waals surface area (Å²) in [5, 5.41) is 5.80. The van der Waals surface area contributed by atoms with Crippen LogP contribution in [-0.2, 0) is 17.7 Å². The van der Waals surface area contributed by atoms with Gasteiger partial charge in [-0.05, 0) is 60.9 Å². The van der Waals surface area contributed by atoms with Crippen LogP contribution in [0.2, 0.25) is 5.02 Å². The van der Waals surface area contributed by atoms with Gasteiger partial charge in [0.05, 0.1) is 18.4 Å². The number of esters is 1. The lowest BCUT2D eigenvalue weighted by Gasteiger charge is -2.23. The Kier molecular flexibility index (Phi) is 6.84. The Morgan fingerprint density at radius 1 is 1.06 bits per heavy atom. The molecule has 3 aromatic rings. The van der Waals surface area contributed by atoms with E-state index in [4.69, 9.17) is 16.3 Å². The zero-order valence-electron chi connectivity index (χ0n) is 18.8. The molecule has 4 rings (SSSR count). The first-order valence-electron chi connectivity index (χ1n) is 10.8. The van der Waals surface area contributed by atoms with Crippen molar-refractivity contribution in [3.63, 3.8) is 0 Å². The minimum absolute atomic E-state index is 0.0359. The molecule has 34 heavy (non-hydrogen) atoms. The molecule has 1 atom stereocenters. The van der Waals surface area contributed by atoms with Crippen LogP contribution in [-0.4, -0.2) is 31.1 Å². The molecule has 7 nitrogen and oxygen atoms in total. The summed E-state index contributed by atoms with van der Waals surface area (Å²) in [7, 11) is 1.27. The van der Waals surface area contributed by atoms with Crippen LogP contribution in [0.25, 0.3) is 0 Å². The third-order valence-electron chi connectivity index (χ3n) is 5.69. The number of urea groups is 1. The van der Waals surface area contributed by atoms with Gasteiger partial charge in [-0.2, -0.15) is 0 Å². The van der Waals surface area contributed by atoms with E-state index < -0.39 is 12.0 Å². The number of nitrogens with one attached hydrogen (secondary N) is 2. The second-order valence-electron chi connectivity index (χ2n) is 8.05. The van der Waals surface area contributed by atoms with Gasteiger partial charge in [-0.3, -0.25) is 4.79 Å². The van der Waals surface area contributed by atoms with Crippen molar-refractivity contribution in [2.45, 2.75) is 25.9 Å². The summed E-state index contributed by atoms with van der Waals surface area (Å²) in [6.07, 6.45) is 0.771. The third-order valence-corrected chi connectivity index (χ3v) is 5.93. The van der Waals surface area contributed by atoms with Gasteiger partial charge in [-0.15, -0.1) is 0 Å². The van der Waals surface area contributed by atoms with Gasteiger partial charge in [-0.25, -0.2) is 9.59 Å². The van der Waals surface area contributed by atoms with Gasteiger partial charge in [0.1, 0.15) is 0 Å². The predicted molar refractivity (Wildman–Crippen MR) is 132 cm³/mol. The van der Waals surface area contributed by atoms with Crippen molar-refractivity contribution in [2.24, 2.45) is 0 Å². The summed E-state index contributed by atoms with van der Waals surface area (Å²) in [6.45, 7) is 2.26. The molecule has 0 unspecified atom stereocenters. The fourth-order valence-corrected chi connectivity index (χ4v) is 4.22. The number of nitrogens with zero attached hydrogens (tertiary/aromatic N) is 1. The molecule has 0 radical (unpaired) electrons. The van der Waals surface area contributed by atoms with Gasteiger partial charge >= 0.3 is 12.0 Å². The molecule has 0 bridgehead atoms. The molecule has 3 aromatic carbocycles. The van der Waals surface area contributed by atoms with Crippen molar-refractivity contribution in [3.8, 4) is 0 Å². The summed E-state index contributed by atoms with van der Waals surface area (Å²) in [6, 6.07) is 19.1. The van der Waals surface area contributed by atoms with E-state index >= 15 is 0 Å². The van der Waals surface area contributed by atoms with Crippen LogP contribution in [0.1, 0.15) is 38.8 Å². The molecule has 1 heterocycles. The zero-order chi connectivity index (χ0) is 24.2. The fraction of sp³-hybridized carbons (Fsp3) is 0.192. The van der Waals surface area contributed by atoms with Crippen LogP contribution >= 0.6 is 11.6 Å². The Labute approximate surface area is 202 Å². The van der Waals surface area contributed by atoms with Crippen molar-refractivity contribution >= 4 is 40.9 Å². The standard InChI is InChI=1S/C26H24ClN3O4/c1-16-12-19-9-8-17(13-23(19)30(16)24(31)18-6-4-3-5-7-18)15-28-26(33)29-22-14-20(27)10-11-21(22)25(32)34-2/h3-11,13-14,16H,12,15H2,1-2H3,(H2,28,29,33)/t16-/m0/s1. The summed E-state index contributed by atoms with van der Waals surface area (Å²) in [4.78, 5) is 39.4. The van der Waals surface area contributed by atoms with Crippen molar-refractivity contribution in [2.75, 3.05) is 17.3 Å². The van der Waals surface area contributed by atoms with Gasteiger partial charge in [0.25, 0.3) is 5.91 Å². The molecule has 0 saturated carbocycles. The molecule has 1 aliphatic heterocycles. The molecule has 0 spiro atoms. The Morgan fingerprint density at radius 3 is 2.56 bits per heavy atom. The Morgan fingerprint density at radius 2 is 1.82 bits per heavy atom. The SMILES string of the molecule is COC(=O)c1ccc(Cl)cc1NC(=O)NCc1ccc2c(c1)N(C(=O)c1ccccc1)[C@@H](C)C2. The second kappa shape index (κ2) is 9.97. The number of amides is 3. The second-order valence-corrected chi connectivity index (χ2v) is 8.48. The molecular weight excluding hydrogens is 454 g/mol. The zero-order valence-corrected chi connectivity index (χ0v) is 19.6. The maximum absolute atomic E-state index is 13.1. The smallest absolute Gasteiger partial charge is 0.339 e. The summed E-state index contributed by atoms with van der Waals surface area (Å²) in [5.41, 5.74) is 3.86. The molecule has 174 valence electrons. The van der Waals surface area contributed by atoms with Crippen LogP contribution in [0, 0.1) is 0 Å². The molecule has 2 N–H and O–H groups in total. The number of ether oxygens (including phenoxy) is 1. The van der Waals surface area contributed by atoms with Crippen LogP contribution in [0.15, 0.2) is 66.7 Å². The van der Waals surface area contributed by atoms with E-state index in [1.54, 1.807) is 18.2 Å². The van der Waals surface area contributed by atoms with Crippen molar-refractivity contribution in [3.05, 3.63) is 94.0 Å². The van der Waals surface area contributed by atoms with E-state index in [-0.39, 0.29) is 29.7 Å². The third kappa shape index (κ3) is 4.89. The average Bonchev–Trinajstić information content (AvgIpc) is 3.17. The molecule has 8 heteroatoms. The van der Waals surface area contributed by atoms with Gasteiger partial charge in [0.2, 0.25) is 0 Å². The van der Waals surface area contributed by atoms with E-state index in [1.807, 2.05) is 48.2 Å². The van der Waals surface area contributed by atoms with E-state index in [2.05, 4.69) is 10.6 Å². The number of halogens is 1. The van der Waals surface area contributed by atoms with E-state index in [0.717, 1.165) is 23.2 Å². The maximum atomic E-state index is 13.1. The monoisotopic (exact) mass is 477 g/mol. The quantitative estimate of drug-likeness (QED) is 0.504. The normalized spacial score (nSPS) is 14.3. The number of hydrogen-bond donors (Lipinski definition) is 2. The molecular formula is C26H24ClN3O4. The number of methoxy groups -OCH3 is 1. The van der Waals surface area contributed by atoms with Crippen molar-refractivity contribution in [1.82, 2.24) is 5.32 Å². The first-order valence-corrected chi connectivity index (χ1v) is 11.2. The van der Waals surface area contributed by atoms with Crippen LogP contribution in [0.4, 0.5) is 16.2 Å². The molecule has 3 amide bonds. The number of rotatable bonds is 5. The topological polar surface area (TPSA) is 87.7 Å². The minimum atomic E-state index is -0.581. The lowest BCUT2D eigenvalue weighted by atomic mass is 10.1. The number of hydrogen-bond acceptors (Lipinski definition) is 4. The lowest BCUT2D eigenvalue weighted by Crippen LogP contribution is -2.35. The highest BCUT2D eigenvalue weighted by molar-refractivity contribution is 6.31. The van der Waals surface area contributed by atoms with Gasteiger partial charge in [-0.1, -0.05) is 41.9 Å². The maximum Gasteiger partial charge on any atom is 0.339 e. The number of carbonyl (C=O) groups excluding carboxylic acids is 3. The molecule has 0 fully saturated rings. The average molecular weight is 478 g/mol. The largest absolute Gasteiger partial charge is 0.465 e. The number of benzene rings is 3. The van der Waals surface area contributed by atoms with E-state index in [0.29, 0.717) is 10.6 Å². The van der Waals surface area contributed by atoms with Crippen LogP contribution in [0.5, 0.6) is 0 Å². The lowest BCUT2D eigenvalue weighted by molar-refractivity contribution is 0.0601. The van der Waals surface area contributed by atoms with Crippen LogP contribution < -0.4 is 15.5 Å². The fourth-order valence-electron chi connectivity index (χ4n) is 4.05. The van der Waals surface area contributed by atoms with Gasteiger partial charge in [0, 0.05) is 28.9 Å². The molecule has 0 aromatic heterocycles. The first kappa shape index (κ1) is 23.3. The van der Waals surface area contributed by atoms with Gasteiger partial charge in [0.15, 0.2) is 0 Å². The summed E-state index contributed by atoms with van der Waals surface area (Å²) >= 11 is 6.01. The predicted octanol–water partition coefficient (Wildman–Crippen LogP) is 5.04. The summed E-state index contributed by atoms with van der Waals surface area (Å²) in [5.74, 6) is -0.631. The Bertz CT molecular complexity index is 1250. The van der Waals surface area contributed by atoms with E-state index in [1.165, 1.54) is 19.2 Å². The minimum Gasteiger partial charge on any atom is -0.465 e. The summed E-state index contributed by atoms with van der Waals surface area (Å²) < 4.78 is 4.75. The van der Waals surface area contributed by atoms with E-state index in [9.17, 15) is 14.4 Å². The number of fused-ring (bicyclic) bond motifs is 1. The highest BCUT2D eigenvalue weighted by Gasteiger charge is 2.31.